The van der Waals surface area contributed by atoms with Crippen LogP contribution in [0.1, 0.15) is 65.6 Å². The van der Waals surface area contributed by atoms with Gasteiger partial charge in [0.1, 0.15) is 18.1 Å². The van der Waals surface area contributed by atoms with E-state index in [9.17, 15) is 14.7 Å². The molecular weight excluding hydrogens is 468 g/mol. The van der Waals surface area contributed by atoms with Gasteiger partial charge in [0.05, 0.1) is 24.2 Å². The van der Waals surface area contributed by atoms with Crippen LogP contribution in [0.2, 0.25) is 0 Å². The summed E-state index contributed by atoms with van der Waals surface area (Å²) in [6, 6.07) is 15.3. The quantitative estimate of drug-likeness (QED) is 0.292. The van der Waals surface area contributed by atoms with Crippen LogP contribution in [-0.4, -0.2) is 32.8 Å². The maximum absolute atomic E-state index is 13.8. The van der Waals surface area contributed by atoms with Crippen molar-refractivity contribution < 1.29 is 19.4 Å². The van der Waals surface area contributed by atoms with Gasteiger partial charge in [0.2, 0.25) is 0 Å². The first-order chi connectivity index (χ1) is 17.5. The molecule has 0 saturated heterocycles. The van der Waals surface area contributed by atoms with Crippen molar-refractivity contribution in [1.29, 1.82) is 0 Å². The van der Waals surface area contributed by atoms with Crippen molar-refractivity contribution in [2.45, 2.75) is 79.6 Å². The molecule has 37 heavy (non-hydrogen) atoms. The minimum Gasteiger partial charge on any atom is -0.491 e. The molecular formula is C30H40N2O5. The molecule has 7 heteroatoms. The molecule has 0 fully saturated rings. The van der Waals surface area contributed by atoms with E-state index in [1.165, 1.54) is 4.90 Å². The van der Waals surface area contributed by atoms with Gasteiger partial charge in [-0.25, -0.2) is 4.79 Å². The number of carbonyl (C=O) groups is 1. The zero-order valence-electron chi connectivity index (χ0n) is 22.9. The zero-order chi connectivity index (χ0) is 27.2. The van der Waals surface area contributed by atoms with Crippen molar-refractivity contribution in [1.82, 2.24) is 9.47 Å². The van der Waals surface area contributed by atoms with Crippen molar-refractivity contribution in [3.8, 4) is 11.5 Å². The number of unbranched alkanes of at least 4 members (excludes halogenated alkanes) is 1. The number of pyridine rings is 1. The van der Waals surface area contributed by atoms with Crippen LogP contribution in [0.3, 0.4) is 0 Å². The summed E-state index contributed by atoms with van der Waals surface area (Å²) in [6.45, 7) is 13.1. The van der Waals surface area contributed by atoms with Gasteiger partial charge in [-0.15, -0.1) is 0 Å². The molecule has 2 aromatic carbocycles. The smallest absolute Gasteiger partial charge is 0.408 e. The van der Waals surface area contributed by atoms with Gasteiger partial charge in [-0.3, -0.25) is 9.69 Å². The number of benzene rings is 2. The van der Waals surface area contributed by atoms with E-state index in [1.54, 1.807) is 16.7 Å². The highest BCUT2D eigenvalue weighted by molar-refractivity contribution is 5.90. The zero-order valence-corrected chi connectivity index (χ0v) is 22.9. The predicted octanol–water partition coefficient (Wildman–Crippen LogP) is 6.69. The third kappa shape index (κ3) is 7.06. The van der Waals surface area contributed by atoms with Crippen LogP contribution in [0.25, 0.3) is 10.8 Å². The number of carboxylic acid groups (broad SMARTS) is 1. The molecule has 1 heterocycles. The fourth-order valence-corrected chi connectivity index (χ4v) is 4.21. The molecule has 1 aromatic heterocycles. The van der Waals surface area contributed by atoms with Gasteiger partial charge in [-0.1, -0.05) is 57.5 Å². The first kappa shape index (κ1) is 28.1. The number of hydrogen-bond acceptors (Lipinski definition) is 4. The van der Waals surface area contributed by atoms with E-state index < -0.39 is 11.6 Å². The van der Waals surface area contributed by atoms with Crippen molar-refractivity contribution in [3.63, 3.8) is 0 Å². The second-order valence-corrected chi connectivity index (χ2v) is 10.8. The Balaban J connectivity index is 2.20. The van der Waals surface area contributed by atoms with Crippen LogP contribution in [-0.2, 0) is 19.7 Å². The summed E-state index contributed by atoms with van der Waals surface area (Å²) in [5, 5.41) is 11.2. The third-order valence-electron chi connectivity index (χ3n) is 6.19. The monoisotopic (exact) mass is 508 g/mol. The summed E-state index contributed by atoms with van der Waals surface area (Å²) in [5.41, 5.74) is 0.786. The van der Waals surface area contributed by atoms with Crippen molar-refractivity contribution >= 4 is 16.9 Å². The fourth-order valence-electron chi connectivity index (χ4n) is 4.21. The molecule has 3 rings (SSSR count). The van der Waals surface area contributed by atoms with Crippen LogP contribution in [0.5, 0.6) is 11.5 Å². The maximum atomic E-state index is 13.8. The summed E-state index contributed by atoms with van der Waals surface area (Å²) in [5.74, 6) is 1.35. The number of hydrogen-bond donors (Lipinski definition) is 1. The Morgan fingerprint density at radius 2 is 1.76 bits per heavy atom. The molecule has 1 amide bonds. The van der Waals surface area contributed by atoms with Gasteiger partial charge >= 0.3 is 6.09 Å². The molecule has 0 aliphatic carbocycles. The normalized spacial score (nSPS) is 11.6. The fraction of sp³-hybridized carbons (Fsp3) is 0.467. The lowest BCUT2D eigenvalue weighted by atomic mass is 10.0. The van der Waals surface area contributed by atoms with E-state index in [1.807, 2.05) is 71.0 Å². The second kappa shape index (κ2) is 12.2. The number of ether oxygens (including phenoxy) is 2. The van der Waals surface area contributed by atoms with Crippen molar-refractivity contribution in [3.05, 3.63) is 70.1 Å². The molecule has 7 nitrogen and oxygen atoms in total. The topological polar surface area (TPSA) is 81.0 Å². The lowest BCUT2D eigenvalue weighted by molar-refractivity contribution is 0.0927. The Hall–Kier alpha value is -3.48. The average molecular weight is 509 g/mol. The number of fused-ring (bicyclic) bond motifs is 1. The first-order valence-corrected chi connectivity index (χ1v) is 13.0. The summed E-state index contributed by atoms with van der Waals surface area (Å²) < 4.78 is 14.1. The molecule has 3 aromatic rings. The van der Waals surface area contributed by atoms with Crippen molar-refractivity contribution in [2.24, 2.45) is 5.92 Å². The predicted molar refractivity (Wildman–Crippen MR) is 148 cm³/mol. The first-order valence-electron chi connectivity index (χ1n) is 13.0. The lowest BCUT2D eigenvalue weighted by Crippen LogP contribution is -2.45. The highest BCUT2D eigenvalue weighted by atomic mass is 16.5. The molecule has 200 valence electrons. The van der Waals surface area contributed by atoms with Gasteiger partial charge in [-0.2, -0.15) is 0 Å². The Labute approximate surface area is 219 Å². The molecule has 0 atom stereocenters. The van der Waals surface area contributed by atoms with Gasteiger partial charge in [0, 0.05) is 17.5 Å². The van der Waals surface area contributed by atoms with E-state index >= 15 is 0 Å². The standard InChI is InChI=1S/C30H40N2O5/c1-7-8-16-36-27-25-17-23(37-20-22-12-10-9-11-13-22)14-15-24(25)28(33)31(18-21(2)3)26(27)19-32(29(34)35)30(4,5)6/h9-15,17,21H,7-8,16,18-20H2,1-6H3,(H,34,35). The molecule has 0 aliphatic rings. The number of amides is 1. The van der Waals surface area contributed by atoms with E-state index in [0.717, 1.165) is 18.4 Å². The van der Waals surface area contributed by atoms with Gasteiger partial charge < -0.3 is 19.1 Å². The lowest BCUT2D eigenvalue weighted by Gasteiger charge is -2.34. The molecule has 1 N–H and O–H groups in total. The average Bonchev–Trinajstić information content (AvgIpc) is 2.84. The van der Waals surface area contributed by atoms with Crippen LogP contribution >= 0.6 is 0 Å². The Morgan fingerprint density at radius 1 is 1.05 bits per heavy atom. The van der Waals surface area contributed by atoms with E-state index in [4.69, 9.17) is 9.47 Å². The van der Waals surface area contributed by atoms with Crippen LogP contribution < -0.4 is 15.0 Å². The maximum Gasteiger partial charge on any atom is 0.408 e. The second-order valence-electron chi connectivity index (χ2n) is 10.8. The number of aromatic nitrogens is 1. The van der Waals surface area contributed by atoms with E-state index in [0.29, 0.717) is 47.7 Å². The van der Waals surface area contributed by atoms with Crippen LogP contribution in [0, 0.1) is 5.92 Å². The number of rotatable bonds is 11. The summed E-state index contributed by atoms with van der Waals surface area (Å²) in [4.78, 5) is 27.4. The molecule has 0 unspecified atom stereocenters. The summed E-state index contributed by atoms with van der Waals surface area (Å²) >= 11 is 0. The van der Waals surface area contributed by atoms with Crippen molar-refractivity contribution in [2.75, 3.05) is 6.61 Å². The summed E-state index contributed by atoms with van der Waals surface area (Å²) in [6.07, 6.45) is 0.750. The van der Waals surface area contributed by atoms with Gasteiger partial charge in [0.25, 0.3) is 5.56 Å². The van der Waals surface area contributed by atoms with Crippen LogP contribution in [0.4, 0.5) is 4.79 Å². The summed E-state index contributed by atoms with van der Waals surface area (Å²) in [7, 11) is 0. The molecule has 0 radical (unpaired) electrons. The van der Waals surface area contributed by atoms with E-state index in [-0.39, 0.29) is 18.0 Å². The highest BCUT2D eigenvalue weighted by Crippen LogP contribution is 2.34. The van der Waals surface area contributed by atoms with E-state index in [2.05, 4.69) is 6.92 Å². The Kier molecular flexibility index (Phi) is 9.24. The third-order valence-corrected chi connectivity index (χ3v) is 6.19. The van der Waals surface area contributed by atoms with Gasteiger partial charge in [0.15, 0.2) is 0 Å². The Morgan fingerprint density at radius 3 is 2.35 bits per heavy atom. The largest absolute Gasteiger partial charge is 0.491 e. The minimum absolute atomic E-state index is 0.0350. The Bertz CT molecular complexity index is 1260. The SMILES string of the molecule is CCCCOc1c(CN(C(=O)O)C(C)(C)C)n(CC(C)C)c(=O)c2ccc(OCc3ccccc3)cc12. The molecule has 0 saturated carbocycles. The highest BCUT2D eigenvalue weighted by Gasteiger charge is 2.30. The van der Waals surface area contributed by atoms with Crippen LogP contribution in [0.15, 0.2) is 53.3 Å². The van der Waals surface area contributed by atoms with Gasteiger partial charge in [-0.05, 0) is 56.9 Å². The number of nitrogens with zero attached hydrogens (tertiary/aromatic N) is 2. The molecule has 0 bridgehead atoms. The molecule has 0 spiro atoms. The molecule has 0 aliphatic heterocycles. The minimum atomic E-state index is -1.05.